The van der Waals surface area contributed by atoms with E-state index in [1.54, 1.807) is 66.7 Å². The molecule has 210 valence electrons. The molecule has 0 fully saturated rings. The van der Waals surface area contributed by atoms with Gasteiger partial charge < -0.3 is 15.5 Å². The zero-order chi connectivity index (χ0) is 30.1. The Labute approximate surface area is 243 Å². The molecule has 4 aromatic carbocycles. The van der Waals surface area contributed by atoms with Crippen molar-refractivity contribution in [1.82, 2.24) is 5.32 Å². The molecule has 0 aliphatic rings. The van der Waals surface area contributed by atoms with Crippen LogP contribution in [-0.4, -0.2) is 36.6 Å². The molecule has 42 heavy (non-hydrogen) atoms. The molecule has 0 unspecified atom stereocenters. The predicted molar refractivity (Wildman–Crippen MR) is 164 cm³/mol. The van der Waals surface area contributed by atoms with Gasteiger partial charge in [0.15, 0.2) is 5.78 Å². The van der Waals surface area contributed by atoms with Crippen LogP contribution in [0.25, 0.3) is 12.2 Å². The first-order valence-electron chi connectivity index (χ1n) is 12.9. The summed E-state index contributed by atoms with van der Waals surface area (Å²) in [5, 5.41) is 16.8. The zero-order valence-corrected chi connectivity index (χ0v) is 23.0. The van der Waals surface area contributed by atoms with E-state index >= 15 is 0 Å². The van der Waals surface area contributed by atoms with Gasteiger partial charge in [0.2, 0.25) is 0 Å². The Morgan fingerprint density at radius 2 is 1.43 bits per heavy atom. The Bertz CT molecular complexity index is 1660. The van der Waals surface area contributed by atoms with Crippen LogP contribution in [0.4, 0.5) is 17.1 Å². The molecule has 0 heterocycles. The van der Waals surface area contributed by atoms with E-state index in [0.717, 1.165) is 11.3 Å². The minimum absolute atomic E-state index is 0.144. The van der Waals surface area contributed by atoms with Gasteiger partial charge in [-0.15, -0.1) is 0 Å². The number of hydrogen-bond acceptors (Lipinski definition) is 6. The summed E-state index contributed by atoms with van der Waals surface area (Å²) in [6, 6.07) is 28.2. The lowest BCUT2D eigenvalue weighted by Crippen LogP contribution is -2.30. The molecule has 0 aliphatic carbocycles. The van der Waals surface area contributed by atoms with Crippen molar-refractivity contribution in [2.75, 3.05) is 24.3 Å². The summed E-state index contributed by atoms with van der Waals surface area (Å²) in [5.74, 6) is -1.46. The summed E-state index contributed by atoms with van der Waals surface area (Å²) < 4.78 is 0. The number of para-hydroxylation sites is 1. The van der Waals surface area contributed by atoms with Crippen molar-refractivity contribution in [3.63, 3.8) is 0 Å². The number of nitro benzene ring substituents is 1. The Kier molecular flexibility index (Phi) is 9.37. The van der Waals surface area contributed by atoms with Gasteiger partial charge in [-0.3, -0.25) is 24.5 Å². The van der Waals surface area contributed by atoms with Crippen LogP contribution in [0.5, 0.6) is 0 Å². The highest BCUT2D eigenvalue weighted by atomic mass is 16.6. The van der Waals surface area contributed by atoms with Gasteiger partial charge in [-0.25, -0.2) is 0 Å². The Morgan fingerprint density at radius 3 is 2.07 bits per heavy atom. The van der Waals surface area contributed by atoms with Crippen LogP contribution >= 0.6 is 0 Å². The largest absolute Gasteiger partial charge is 0.378 e. The molecule has 9 heteroatoms. The van der Waals surface area contributed by atoms with Gasteiger partial charge in [0.25, 0.3) is 17.5 Å². The lowest BCUT2D eigenvalue weighted by atomic mass is 10.1. The molecule has 0 saturated carbocycles. The van der Waals surface area contributed by atoms with Gasteiger partial charge in [-0.1, -0.05) is 48.5 Å². The van der Waals surface area contributed by atoms with Crippen LogP contribution in [0, 0.1) is 10.1 Å². The molecule has 4 aromatic rings. The summed E-state index contributed by atoms with van der Waals surface area (Å²) >= 11 is 0. The number of benzene rings is 4. The Hall–Kier alpha value is -5.83. The van der Waals surface area contributed by atoms with Crippen LogP contribution in [0.2, 0.25) is 0 Å². The SMILES string of the molecule is CN(C)c1ccc(/C=C/C(=O)c2ccc(NC(=O)/C(=C/c3ccccc3[N+](=O)[O-])NC(=O)c3ccccc3)cc2)cc1. The average molecular weight is 561 g/mol. The van der Waals surface area contributed by atoms with E-state index in [1.165, 1.54) is 30.4 Å². The summed E-state index contributed by atoms with van der Waals surface area (Å²) in [5.41, 5.74) is 2.75. The maximum atomic E-state index is 13.3. The molecule has 0 bridgehead atoms. The van der Waals surface area contributed by atoms with E-state index in [4.69, 9.17) is 0 Å². The van der Waals surface area contributed by atoms with Gasteiger partial charge in [-0.2, -0.15) is 0 Å². The molecule has 0 saturated heterocycles. The first kappa shape index (κ1) is 29.2. The van der Waals surface area contributed by atoms with Gasteiger partial charge in [0.1, 0.15) is 5.70 Å². The number of hydrogen-bond donors (Lipinski definition) is 2. The Balaban J connectivity index is 1.51. The van der Waals surface area contributed by atoms with Crippen molar-refractivity contribution in [1.29, 1.82) is 0 Å². The van der Waals surface area contributed by atoms with Crippen LogP contribution in [0.15, 0.2) is 115 Å². The minimum atomic E-state index is -0.697. The number of nitro groups is 1. The summed E-state index contributed by atoms with van der Waals surface area (Å²) in [6.07, 6.45) is 4.46. The van der Waals surface area contributed by atoms with Crippen LogP contribution in [0.1, 0.15) is 31.8 Å². The molecule has 4 rings (SSSR count). The molecule has 0 aromatic heterocycles. The first-order chi connectivity index (χ1) is 20.2. The molecule has 2 amide bonds. The molecule has 0 radical (unpaired) electrons. The number of anilines is 2. The van der Waals surface area contributed by atoms with Crippen LogP contribution in [0.3, 0.4) is 0 Å². The molecule has 0 atom stereocenters. The fraction of sp³-hybridized carbons (Fsp3) is 0.0606. The third-order valence-corrected chi connectivity index (χ3v) is 6.23. The third kappa shape index (κ3) is 7.64. The summed E-state index contributed by atoms with van der Waals surface area (Å²) in [7, 11) is 3.90. The molecule has 2 N–H and O–H groups in total. The quantitative estimate of drug-likeness (QED) is 0.107. The maximum Gasteiger partial charge on any atom is 0.276 e. The second-order valence-electron chi connectivity index (χ2n) is 9.41. The monoisotopic (exact) mass is 560 g/mol. The summed E-state index contributed by atoms with van der Waals surface area (Å²) in [4.78, 5) is 51.7. The van der Waals surface area contributed by atoms with Crippen LogP contribution in [-0.2, 0) is 4.79 Å². The molecular formula is C33H28N4O5. The number of ketones is 1. The van der Waals surface area contributed by atoms with Gasteiger partial charge in [-0.05, 0) is 72.3 Å². The number of rotatable bonds is 10. The van der Waals surface area contributed by atoms with Crippen molar-refractivity contribution in [2.45, 2.75) is 0 Å². The zero-order valence-electron chi connectivity index (χ0n) is 23.0. The molecular weight excluding hydrogens is 532 g/mol. The van der Waals surface area contributed by atoms with E-state index in [9.17, 15) is 24.5 Å². The van der Waals surface area contributed by atoms with Crippen molar-refractivity contribution in [2.24, 2.45) is 0 Å². The number of carbonyl (C=O) groups excluding carboxylic acids is 3. The third-order valence-electron chi connectivity index (χ3n) is 6.23. The highest BCUT2D eigenvalue weighted by Gasteiger charge is 2.18. The van der Waals surface area contributed by atoms with E-state index < -0.39 is 16.7 Å². The van der Waals surface area contributed by atoms with E-state index in [2.05, 4.69) is 10.6 Å². The van der Waals surface area contributed by atoms with E-state index in [-0.39, 0.29) is 22.7 Å². The second kappa shape index (κ2) is 13.5. The predicted octanol–water partition coefficient (Wildman–Crippen LogP) is 5.97. The first-order valence-corrected chi connectivity index (χ1v) is 12.9. The summed E-state index contributed by atoms with van der Waals surface area (Å²) in [6.45, 7) is 0. The Morgan fingerprint density at radius 1 is 0.786 bits per heavy atom. The van der Waals surface area contributed by atoms with Gasteiger partial charge in [0, 0.05) is 42.7 Å². The highest BCUT2D eigenvalue weighted by Crippen LogP contribution is 2.21. The topological polar surface area (TPSA) is 122 Å². The van der Waals surface area contributed by atoms with E-state index in [1.807, 2.05) is 43.3 Å². The van der Waals surface area contributed by atoms with Gasteiger partial charge in [0.05, 0.1) is 10.5 Å². The van der Waals surface area contributed by atoms with Crippen LogP contribution < -0.4 is 15.5 Å². The standard InChI is InChI=1S/C33H28N4O5/c1-36(2)28-19-12-23(13-20-28)14-21-31(38)24-15-17-27(18-16-24)34-33(40)29(35-32(39)25-8-4-3-5-9-25)22-26-10-6-7-11-30(26)37(41)42/h3-22H,1-2H3,(H,34,40)(H,35,39)/b21-14+,29-22-. The highest BCUT2D eigenvalue weighted by molar-refractivity contribution is 6.11. The lowest BCUT2D eigenvalue weighted by Gasteiger charge is -2.12. The number of nitrogens with zero attached hydrogens (tertiary/aromatic N) is 2. The van der Waals surface area contributed by atoms with Crippen molar-refractivity contribution < 1.29 is 19.3 Å². The minimum Gasteiger partial charge on any atom is -0.378 e. The maximum absolute atomic E-state index is 13.3. The molecule has 9 nitrogen and oxygen atoms in total. The number of allylic oxidation sites excluding steroid dienone is 1. The smallest absolute Gasteiger partial charge is 0.276 e. The average Bonchev–Trinajstić information content (AvgIpc) is 3.00. The fourth-order valence-corrected chi connectivity index (χ4v) is 3.94. The second-order valence-corrected chi connectivity index (χ2v) is 9.41. The molecule has 0 aliphatic heterocycles. The number of amides is 2. The van der Waals surface area contributed by atoms with Crippen molar-refractivity contribution >= 4 is 46.8 Å². The number of carbonyl (C=O) groups is 3. The van der Waals surface area contributed by atoms with Crippen molar-refractivity contribution in [3.05, 3.63) is 147 Å². The fourth-order valence-electron chi connectivity index (χ4n) is 3.94. The van der Waals surface area contributed by atoms with E-state index in [0.29, 0.717) is 16.8 Å². The normalized spacial score (nSPS) is 11.1. The van der Waals surface area contributed by atoms with Crippen molar-refractivity contribution in [3.8, 4) is 0 Å². The van der Waals surface area contributed by atoms with Gasteiger partial charge >= 0.3 is 0 Å². The molecule has 0 spiro atoms. The number of nitrogens with one attached hydrogen (secondary N) is 2. The lowest BCUT2D eigenvalue weighted by molar-refractivity contribution is -0.385.